The first-order chi connectivity index (χ1) is 14.0. The predicted molar refractivity (Wildman–Crippen MR) is 126 cm³/mol. The van der Waals surface area contributed by atoms with Crippen LogP contribution >= 0.6 is 23.1 Å². The highest BCUT2D eigenvalue weighted by Crippen LogP contribution is 2.31. The van der Waals surface area contributed by atoms with Crippen LogP contribution in [-0.2, 0) is 11.2 Å². The van der Waals surface area contributed by atoms with Crippen molar-refractivity contribution in [2.75, 3.05) is 37.8 Å². The standard InChI is InChI=1S/C23H29N3OS2/c1-5-18-9-12-20-21(15-18)29-23(24-20)26(14-6-13-25(3)4)22(27)16-28-19-10-7-17(2)8-11-19/h7-12,15H,5-6,13-14,16H2,1-4H3. The maximum absolute atomic E-state index is 13.1. The van der Waals surface area contributed by atoms with Crippen LogP contribution in [0, 0.1) is 6.92 Å². The van der Waals surface area contributed by atoms with Crippen molar-refractivity contribution in [3.05, 3.63) is 53.6 Å². The van der Waals surface area contributed by atoms with Gasteiger partial charge in [-0.2, -0.15) is 0 Å². The van der Waals surface area contributed by atoms with E-state index >= 15 is 0 Å². The molecule has 0 bridgehead atoms. The van der Waals surface area contributed by atoms with Crippen molar-refractivity contribution in [1.29, 1.82) is 0 Å². The number of hydrogen-bond acceptors (Lipinski definition) is 5. The van der Waals surface area contributed by atoms with Gasteiger partial charge in [0.05, 0.1) is 16.0 Å². The number of nitrogens with zero attached hydrogens (tertiary/aromatic N) is 3. The van der Waals surface area contributed by atoms with E-state index in [9.17, 15) is 4.79 Å². The molecule has 0 unspecified atom stereocenters. The number of thiazole rings is 1. The molecule has 0 saturated heterocycles. The summed E-state index contributed by atoms with van der Waals surface area (Å²) in [7, 11) is 4.12. The molecular formula is C23H29N3OS2. The number of benzene rings is 2. The SMILES string of the molecule is CCc1ccc2nc(N(CCCN(C)C)C(=O)CSc3ccc(C)cc3)sc2c1. The summed E-state index contributed by atoms with van der Waals surface area (Å²) in [6.45, 7) is 5.86. The number of anilines is 1. The van der Waals surface area contributed by atoms with Gasteiger partial charge in [-0.05, 0) is 70.2 Å². The zero-order chi connectivity index (χ0) is 20.8. The van der Waals surface area contributed by atoms with Gasteiger partial charge >= 0.3 is 0 Å². The van der Waals surface area contributed by atoms with Gasteiger partial charge in [0, 0.05) is 11.4 Å². The zero-order valence-corrected chi connectivity index (χ0v) is 19.3. The summed E-state index contributed by atoms with van der Waals surface area (Å²) in [6.07, 6.45) is 1.92. The summed E-state index contributed by atoms with van der Waals surface area (Å²) < 4.78 is 1.15. The average molecular weight is 428 g/mol. The third-order valence-corrected chi connectivity index (χ3v) is 6.79. The first kappa shape index (κ1) is 21.8. The number of aryl methyl sites for hydroxylation is 2. The molecule has 6 heteroatoms. The minimum Gasteiger partial charge on any atom is -0.309 e. The lowest BCUT2D eigenvalue weighted by Crippen LogP contribution is -2.34. The molecule has 0 fully saturated rings. The fourth-order valence-electron chi connectivity index (χ4n) is 3.02. The Hall–Kier alpha value is -1.89. The van der Waals surface area contributed by atoms with E-state index in [1.165, 1.54) is 11.1 Å². The lowest BCUT2D eigenvalue weighted by Gasteiger charge is -2.21. The van der Waals surface area contributed by atoms with Crippen LogP contribution in [0.1, 0.15) is 24.5 Å². The molecule has 29 heavy (non-hydrogen) atoms. The Morgan fingerprint density at radius 1 is 1.10 bits per heavy atom. The molecule has 0 saturated carbocycles. The number of hydrogen-bond donors (Lipinski definition) is 0. The van der Waals surface area contributed by atoms with Gasteiger partial charge in [-0.3, -0.25) is 9.69 Å². The number of carbonyl (C=O) groups is 1. The first-order valence-electron chi connectivity index (χ1n) is 10.0. The normalized spacial score (nSPS) is 11.3. The molecule has 0 spiro atoms. The lowest BCUT2D eigenvalue weighted by atomic mass is 10.2. The number of aromatic nitrogens is 1. The second kappa shape index (κ2) is 10.2. The average Bonchev–Trinajstić information content (AvgIpc) is 3.13. The van der Waals surface area contributed by atoms with E-state index < -0.39 is 0 Å². The Bertz CT molecular complexity index is 950. The Morgan fingerprint density at radius 3 is 2.55 bits per heavy atom. The lowest BCUT2D eigenvalue weighted by molar-refractivity contribution is -0.116. The molecule has 0 radical (unpaired) electrons. The monoisotopic (exact) mass is 427 g/mol. The van der Waals surface area contributed by atoms with Crippen LogP contribution in [0.15, 0.2) is 47.4 Å². The summed E-state index contributed by atoms with van der Waals surface area (Å²) in [5, 5.41) is 0.807. The van der Waals surface area contributed by atoms with Crippen molar-refractivity contribution in [3.8, 4) is 0 Å². The van der Waals surface area contributed by atoms with Gasteiger partial charge in [-0.15, -0.1) is 11.8 Å². The van der Waals surface area contributed by atoms with Crippen molar-refractivity contribution in [2.24, 2.45) is 0 Å². The predicted octanol–water partition coefficient (Wildman–Crippen LogP) is 5.24. The van der Waals surface area contributed by atoms with E-state index in [4.69, 9.17) is 4.98 Å². The number of thioether (sulfide) groups is 1. The van der Waals surface area contributed by atoms with Crippen molar-refractivity contribution in [2.45, 2.75) is 31.6 Å². The van der Waals surface area contributed by atoms with Crippen molar-refractivity contribution >= 4 is 44.4 Å². The molecule has 0 aliphatic rings. The minimum absolute atomic E-state index is 0.115. The Morgan fingerprint density at radius 2 is 1.86 bits per heavy atom. The molecule has 154 valence electrons. The highest BCUT2D eigenvalue weighted by atomic mass is 32.2. The van der Waals surface area contributed by atoms with Gasteiger partial charge in [0.2, 0.25) is 5.91 Å². The summed E-state index contributed by atoms with van der Waals surface area (Å²) in [6, 6.07) is 14.7. The number of fused-ring (bicyclic) bond motifs is 1. The molecule has 1 amide bonds. The second-order valence-electron chi connectivity index (χ2n) is 7.46. The molecule has 1 aromatic heterocycles. The molecule has 3 rings (SSSR count). The van der Waals surface area contributed by atoms with E-state index in [1.54, 1.807) is 23.1 Å². The molecule has 3 aromatic rings. The Kier molecular flexibility index (Phi) is 7.70. The fraction of sp³-hybridized carbons (Fsp3) is 0.391. The van der Waals surface area contributed by atoms with Crippen LogP contribution in [0.25, 0.3) is 10.2 Å². The number of amides is 1. The highest BCUT2D eigenvalue weighted by molar-refractivity contribution is 8.00. The van der Waals surface area contributed by atoms with Crippen LogP contribution < -0.4 is 4.90 Å². The smallest absolute Gasteiger partial charge is 0.239 e. The van der Waals surface area contributed by atoms with Crippen LogP contribution in [0.4, 0.5) is 5.13 Å². The molecule has 0 atom stereocenters. The summed E-state index contributed by atoms with van der Waals surface area (Å²) >= 11 is 3.20. The maximum atomic E-state index is 13.1. The Labute approximate surface area is 181 Å². The topological polar surface area (TPSA) is 36.4 Å². The van der Waals surface area contributed by atoms with Crippen LogP contribution in [0.2, 0.25) is 0 Å². The van der Waals surface area contributed by atoms with Gasteiger partial charge in [-0.25, -0.2) is 4.98 Å². The van der Waals surface area contributed by atoms with Crippen LogP contribution in [0.5, 0.6) is 0 Å². The quantitative estimate of drug-likeness (QED) is 0.437. The second-order valence-corrected chi connectivity index (χ2v) is 9.51. The van der Waals surface area contributed by atoms with E-state index in [-0.39, 0.29) is 5.91 Å². The van der Waals surface area contributed by atoms with Gasteiger partial charge < -0.3 is 4.90 Å². The molecular weight excluding hydrogens is 398 g/mol. The van der Waals surface area contributed by atoms with E-state index in [2.05, 4.69) is 75.3 Å². The fourth-order valence-corrected chi connectivity index (χ4v) is 4.87. The minimum atomic E-state index is 0.115. The van der Waals surface area contributed by atoms with E-state index in [0.717, 1.165) is 39.6 Å². The molecule has 2 aromatic carbocycles. The third kappa shape index (κ3) is 6.04. The largest absolute Gasteiger partial charge is 0.309 e. The Balaban J connectivity index is 1.77. The number of carbonyl (C=O) groups excluding carboxylic acids is 1. The molecule has 0 aliphatic carbocycles. The zero-order valence-electron chi connectivity index (χ0n) is 17.6. The molecule has 0 aliphatic heterocycles. The molecule has 4 nitrogen and oxygen atoms in total. The van der Waals surface area contributed by atoms with Gasteiger partial charge in [0.15, 0.2) is 5.13 Å². The van der Waals surface area contributed by atoms with Gasteiger partial charge in [-0.1, -0.05) is 42.0 Å². The van der Waals surface area contributed by atoms with Gasteiger partial charge in [0.1, 0.15) is 0 Å². The summed E-state index contributed by atoms with van der Waals surface area (Å²) in [4.78, 5) is 23.0. The number of rotatable bonds is 9. The van der Waals surface area contributed by atoms with E-state index in [0.29, 0.717) is 12.3 Å². The summed E-state index contributed by atoms with van der Waals surface area (Å²) in [5.74, 6) is 0.533. The highest BCUT2D eigenvalue weighted by Gasteiger charge is 2.20. The van der Waals surface area contributed by atoms with Crippen LogP contribution in [-0.4, -0.2) is 48.7 Å². The first-order valence-corrected chi connectivity index (χ1v) is 11.8. The molecule has 1 heterocycles. The van der Waals surface area contributed by atoms with Crippen molar-refractivity contribution in [1.82, 2.24) is 9.88 Å². The van der Waals surface area contributed by atoms with Crippen LogP contribution in [0.3, 0.4) is 0 Å². The molecule has 0 N–H and O–H groups in total. The van der Waals surface area contributed by atoms with Crippen molar-refractivity contribution in [3.63, 3.8) is 0 Å². The third-order valence-electron chi connectivity index (χ3n) is 4.75. The summed E-state index contributed by atoms with van der Waals surface area (Å²) in [5.41, 5.74) is 3.50. The van der Waals surface area contributed by atoms with E-state index in [1.807, 2.05) is 4.90 Å². The maximum Gasteiger partial charge on any atom is 0.239 e. The van der Waals surface area contributed by atoms with Gasteiger partial charge in [0.25, 0.3) is 0 Å². The van der Waals surface area contributed by atoms with Crippen molar-refractivity contribution < 1.29 is 4.79 Å².